The van der Waals surface area contributed by atoms with Crippen molar-refractivity contribution in [1.82, 2.24) is 10.3 Å². The number of carbonyl (C=O) groups excluding carboxylic acids is 1. The summed E-state index contributed by atoms with van der Waals surface area (Å²) in [6.07, 6.45) is 0.797. The molecule has 0 aliphatic rings. The van der Waals surface area contributed by atoms with Gasteiger partial charge < -0.3 is 10.3 Å². The number of benzene rings is 1. The van der Waals surface area contributed by atoms with Gasteiger partial charge in [-0.3, -0.25) is 9.59 Å². The van der Waals surface area contributed by atoms with Crippen molar-refractivity contribution in [1.29, 1.82) is 0 Å². The molecule has 0 spiro atoms. The molecule has 0 atom stereocenters. The first-order chi connectivity index (χ1) is 9.49. The second-order valence-electron chi connectivity index (χ2n) is 5.33. The minimum Gasteiger partial charge on any atom is -0.358 e. The quantitative estimate of drug-likeness (QED) is 0.897. The Bertz CT molecular complexity index is 686. The number of aromatic nitrogens is 1. The van der Waals surface area contributed by atoms with Crippen molar-refractivity contribution < 1.29 is 4.79 Å². The summed E-state index contributed by atoms with van der Waals surface area (Å²) in [6.45, 7) is 5.72. The van der Waals surface area contributed by atoms with Crippen LogP contribution in [0.15, 0.2) is 29.1 Å². The highest BCUT2D eigenvalue weighted by Gasteiger charge is 2.11. The highest BCUT2D eigenvalue weighted by atomic mass is 16.1. The third-order valence-corrected chi connectivity index (χ3v) is 3.27. The van der Waals surface area contributed by atoms with Gasteiger partial charge in [-0.25, -0.2) is 0 Å². The molecule has 0 aliphatic heterocycles. The summed E-state index contributed by atoms with van der Waals surface area (Å²) in [6, 6.07) is 7.57. The Labute approximate surface area is 118 Å². The first-order valence-corrected chi connectivity index (χ1v) is 6.89. The maximum atomic E-state index is 12.4. The third-order valence-electron chi connectivity index (χ3n) is 3.27. The Morgan fingerprint density at radius 2 is 2.00 bits per heavy atom. The average Bonchev–Trinajstić information content (AvgIpc) is 2.37. The Balaban J connectivity index is 2.26. The first kappa shape index (κ1) is 14.3. The summed E-state index contributed by atoms with van der Waals surface area (Å²) in [5.74, 6) is -0.0213. The topological polar surface area (TPSA) is 62.0 Å². The summed E-state index contributed by atoms with van der Waals surface area (Å²) in [4.78, 5) is 27.4. The zero-order chi connectivity index (χ0) is 14.7. The molecule has 20 heavy (non-hydrogen) atoms. The third kappa shape index (κ3) is 3.07. The molecule has 4 heteroatoms. The SMILES string of the molecule is Cc1[nH]c2ccccc2c(=O)c1CCC(=O)NC(C)C. The minimum absolute atomic E-state index is 0.0213. The Morgan fingerprint density at radius 1 is 1.30 bits per heavy atom. The van der Waals surface area contributed by atoms with Crippen molar-refractivity contribution in [2.75, 3.05) is 0 Å². The van der Waals surface area contributed by atoms with Gasteiger partial charge in [-0.1, -0.05) is 12.1 Å². The molecule has 2 N–H and O–H groups in total. The number of H-pyrrole nitrogens is 1. The summed E-state index contributed by atoms with van der Waals surface area (Å²) < 4.78 is 0. The second kappa shape index (κ2) is 5.90. The van der Waals surface area contributed by atoms with Gasteiger partial charge in [0.05, 0.1) is 0 Å². The maximum absolute atomic E-state index is 12.4. The zero-order valence-corrected chi connectivity index (χ0v) is 12.1. The number of aromatic amines is 1. The van der Waals surface area contributed by atoms with Crippen molar-refractivity contribution >= 4 is 16.8 Å². The number of hydrogen-bond donors (Lipinski definition) is 2. The predicted octanol–water partition coefficient (Wildman–Crippen LogP) is 2.29. The fourth-order valence-corrected chi connectivity index (χ4v) is 2.33. The van der Waals surface area contributed by atoms with Gasteiger partial charge in [0.1, 0.15) is 0 Å². The number of pyridine rings is 1. The van der Waals surface area contributed by atoms with Crippen LogP contribution >= 0.6 is 0 Å². The Hall–Kier alpha value is -2.10. The number of aryl methyl sites for hydroxylation is 1. The molecule has 0 fully saturated rings. The van der Waals surface area contributed by atoms with E-state index in [-0.39, 0.29) is 17.4 Å². The van der Waals surface area contributed by atoms with E-state index in [0.717, 1.165) is 11.2 Å². The maximum Gasteiger partial charge on any atom is 0.220 e. The van der Waals surface area contributed by atoms with Gasteiger partial charge in [0.15, 0.2) is 5.43 Å². The van der Waals surface area contributed by atoms with Crippen LogP contribution in [0.2, 0.25) is 0 Å². The van der Waals surface area contributed by atoms with Crippen LogP contribution in [-0.4, -0.2) is 16.9 Å². The summed E-state index contributed by atoms with van der Waals surface area (Å²) in [5.41, 5.74) is 2.40. The standard InChI is InChI=1S/C16H20N2O2/c1-10(2)17-15(19)9-8-12-11(3)18-14-7-5-4-6-13(14)16(12)20/h4-7,10H,8-9H2,1-3H3,(H,17,19)(H,18,20). The molecular formula is C16H20N2O2. The predicted molar refractivity (Wildman–Crippen MR) is 80.9 cm³/mol. The summed E-state index contributed by atoms with van der Waals surface area (Å²) in [7, 11) is 0. The van der Waals surface area contributed by atoms with Crippen molar-refractivity contribution in [3.63, 3.8) is 0 Å². The van der Waals surface area contributed by atoms with E-state index in [1.54, 1.807) is 0 Å². The lowest BCUT2D eigenvalue weighted by molar-refractivity contribution is -0.121. The molecule has 0 bridgehead atoms. The molecule has 1 aromatic heterocycles. The largest absolute Gasteiger partial charge is 0.358 e. The number of hydrogen-bond acceptors (Lipinski definition) is 2. The van der Waals surface area contributed by atoms with Crippen LogP contribution in [0, 0.1) is 6.92 Å². The van der Waals surface area contributed by atoms with Crippen LogP contribution in [0.5, 0.6) is 0 Å². The molecule has 106 valence electrons. The number of para-hydroxylation sites is 1. The van der Waals surface area contributed by atoms with Crippen molar-refractivity contribution in [3.05, 3.63) is 45.7 Å². The number of carbonyl (C=O) groups is 1. The number of fused-ring (bicyclic) bond motifs is 1. The molecule has 1 amide bonds. The molecule has 0 radical (unpaired) electrons. The van der Waals surface area contributed by atoms with Crippen LogP contribution in [0.4, 0.5) is 0 Å². The van der Waals surface area contributed by atoms with Crippen LogP contribution in [0.3, 0.4) is 0 Å². The number of amides is 1. The van der Waals surface area contributed by atoms with Crippen molar-refractivity contribution in [2.24, 2.45) is 0 Å². The lowest BCUT2D eigenvalue weighted by atomic mass is 10.0. The normalized spacial score (nSPS) is 11.0. The monoisotopic (exact) mass is 272 g/mol. The van der Waals surface area contributed by atoms with Crippen LogP contribution < -0.4 is 10.7 Å². The lowest BCUT2D eigenvalue weighted by Gasteiger charge is -2.10. The first-order valence-electron chi connectivity index (χ1n) is 6.89. The molecule has 0 unspecified atom stereocenters. The van der Waals surface area contributed by atoms with E-state index in [1.165, 1.54) is 0 Å². The fourth-order valence-electron chi connectivity index (χ4n) is 2.33. The van der Waals surface area contributed by atoms with E-state index in [0.29, 0.717) is 23.8 Å². The minimum atomic E-state index is -0.0213. The highest BCUT2D eigenvalue weighted by molar-refractivity contribution is 5.80. The zero-order valence-electron chi connectivity index (χ0n) is 12.1. The molecule has 1 aromatic carbocycles. The lowest BCUT2D eigenvalue weighted by Crippen LogP contribution is -2.30. The van der Waals surface area contributed by atoms with Gasteiger partial charge in [-0.15, -0.1) is 0 Å². The second-order valence-corrected chi connectivity index (χ2v) is 5.33. The molecule has 1 heterocycles. The Morgan fingerprint density at radius 3 is 2.70 bits per heavy atom. The highest BCUT2D eigenvalue weighted by Crippen LogP contribution is 2.12. The van der Waals surface area contributed by atoms with E-state index in [1.807, 2.05) is 45.0 Å². The summed E-state index contributed by atoms with van der Waals surface area (Å²) >= 11 is 0. The number of nitrogens with one attached hydrogen (secondary N) is 2. The van der Waals surface area contributed by atoms with E-state index in [9.17, 15) is 9.59 Å². The van der Waals surface area contributed by atoms with Crippen LogP contribution in [-0.2, 0) is 11.2 Å². The molecule has 2 aromatic rings. The van der Waals surface area contributed by atoms with Gasteiger partial charge in [0.2, 0.25) is 5.91 Å². The molecular weight excluding hydrogens is 252 g/mol. The van der Waals surface area contributed by atoms with Crippen LogP contribution in [0.1, 0.15) is 31.5 Å². The number of rotatable bonds is 4. The van der Waals surface area contributed by atoms with E-state index < -0.39 is 0 Å². The van der Waals surface area contributed by atoms with E-state index in [4.69, 9.17) is 0 Å². The van der Waals surface area contributed by atoms with Gasteiger partial charge in [0, 0.05) is 34.6 Å². The van der Waals surface area contributed by atoms with E-state index >= 15 is 0 Å². The summed E-state index contributed by atoms with van der Waals surface area (Å²) in [5, 5.41) is 3.52. The van der Waals surface area contributed by atoms with Gasteiger partial charge in [-0.2, -0.15) is 0 Å². The molecule has 2 rings (SSSR count). The van der Waals surface area contributed by atoms with Gasteiger partial charge in [-0.05, 0) is 39.3 Å². The smallest absolute Gasteiger partial charge is 0.220 e. The van der Waals surface area contributed by atoms with Gasteiger partial charge in [0.25, 0.3) is 0 Å². The van der Waals surface area contributed by atoms with Crippen molar-refractivity contribution in [3.8, 4) is 0 Å². The molecule has 0 saturated heterocycles. The van der Waals surface area contributed by atoms with E-state index in [2.05, 4.69) is 10.3 Å². The molecule has 0 saturated carbocycles. The molecule has 0 aliphatic carbocycles. The van der Waals surface area contributed by atoms with Gasteiger partial charge >= 0.3 is 0 Å². The fraction of sp³-hybridized carbons (Fsp3) is 0.375. The molecule has 4 nitrogen and oxygen atoms in total. The Kier molecular flexibility index (Phi) is 4.23. The average molecular weight is 272 g/mol. The van der Waals surface area contributed by atoms with Crippen LogP contribution in [0.25, 0.3) is 10.9 Å². The van der Waals surface area contributed by atoms with Crippen molar-refractivity contribution in [2.45, 2.75) is 39.7 Å².